The summed E-state index contributed by atoms with van der Waals surface area (Å²) in [6, 6.07) is 9.91. The summed E-state index contributed by atoms with van der Waals surface area (Å²) in [7, 11) is 5.16. The van der Waals surface area contributed by atoms with Crippen LogP contribution >= 0.6 is 0 Å². The molecule has 0 aliphatic rings. The fourth-order valence-electron chi connectivity index (χ4n) is 3.62. The van der Waals surface area contributed by atoms with Crippen molar-refractivity contribution < 1.29 is 24.5 Å². The van der Waals surface area contributed by atoms with Gasteiger partial charge in [0.25, 0.3) is 5.91 Å². The number of benzene rings is 3. The lowest BCUT2D eigenvalue weighted by Crippen LogP contribution is -2.31. The number of carbonyl (C=O) groups is 2. The third kappa shape index (κ3) is 3.63. The number of aromatic nitrogens is 2. The standard InChI is InChI=1S/C23H22N4O5/c1-27(2)9-8-24-22(29)18-20-19(12-6-4-5-7-13(12)21(18)28)25-16-11-17(32-3)14(23(30)31)10-15(16)26-20/h4-7,10-11,28H,8-9H2,1-3H3,(H,24,29)(H,30,31). The first-order valence-electron chi connectivity index (χ1n) is 9.91. The molecule has 164 valence electrons. The zero-order chi connectivity index (χ0) is 23.0. The van der Waals surface area contributed by atoms with E-state index in [-0.39, 0.29) is 33.7 Å². The van der Waals surface area contributed by atoms with Crippen molar-refractivity contribution in [3.8, 4) is 11.5 Å². The highest BCUT2D eigenvalue weighted by Gasteiger charge is 2.23. The van der Waals surface area contributed by atoms with Crippen LogP contribution in [0.3, 0.4) is 0 Å². The van der Waals surface area contributed by atoms with Crippen molar-refractivity contribution in [3.05, 3.63) is 47.5 Å². The van der Waals surface area contributed by atoms with Crippen LogP contribution in [0.4, 0.5) is 0 Å². The Balaban J connectivity index is 2.03. The van der Waals surface area contributed by atoms with Crippen molar-refractivity contribution in [2.75, 3.05) is 34.3 Å². The molecule has 0 atom stereocenters. The molecular formula is C23H22N4O5. The van der Waals surface area contributed by atoms with Crippen LogP contribution in [0.2, 0.25) is 0 Å². The molecule has 0 saturated heterocycles. The van der Waals surface area contributed by atoms with Gasteiger partial charge >= 0.3 is 5.97 Å². The molecule has 0 saturated carbocycles. The number of aromatic carboxylic acids is 1. The van der Waals surface area contributed by atoms with Crippen molar-refractivity contribution in [1.29, 1.82) is 0 Å². The highest BCUT2D eigenvalue weighted by Crippen LogP contribution is 2.37. The maximum absolute atomic E-state index is 13.0. The van der Waals surface area contributed by atoms with Crippen LogP contribution in [-0.2, 0) is 0 Å². The quantitative estimate of drug-likeness (QED) is 0.312. The molecule has 0 aliphatic heterocycles. The van der Waals surface area contributed by atoms with Gasteiger partial charge in [-0.25, -0.2) is 14.8 Å². The van der Waals surface area contributed by atoms with Crippen molar-refractivity contribution >= 4 is 44.7 Å². The maximum Gasteiger partial charge on any atom is 0.339 e. The highest BCUT2D eigenvalue weighted by atomic mass is 16.5. The Kier molecular flexibility index (Phi) is 5.50. The van der Waals surface area contributed by atoms with E-state index in [2.05, 4.69) is 15.3 Å². The van der Waals surface area contributed by atoms with Crippen LogP contribution in [0.5, 0.6) is 11.5 Å². The van der Waals surface area contributed by atoms with E-state index >= 15 is 0 Å². The number of fused-ring (bicyclic) bond motifs is 4. The number of hydrogen-bond donors (Lipinski definition) is 3. The number of phenols is 1. The maximum atomic E-state index is 13.0. The number of phenolic OH excluding ortho intramolecular Hbond substituents is 1. The minimum Gasteiger partial charge on any atom is -0.506 e. The van der Waals surface area contributed by atoms with Crippen LogP contribution in [0, 0.1) is 0 Å². The van der Waals surface area contributed by atoms with E-state index in [0.29, 0.717) is 34.9 Å². The number of methoxy groups -OCH3 is 1. The third-order valence-corrected chi connectivity index (χ3v) is 5.20. The van der Waals surface area contributed by atoms with E-state index in [1.165, 1.54) is 19.2 Å². The molecule has 0 aliphatic carbocycles. The molecule has 0 bridgehead atoms. The summed E-state index contributed by atoms with van der Waals surface area (Å²) >= 11 is 0. The van der Waals surface area contributed by atoms with Gasteiger partial charge in [-0.15, -0.1) is 0 Å². The van der Waals surface area contributed by atoms with Gasteiger partial charge in [0.1, 0.15) is 28.1 Å². The zero-order valence-electron chi connectivity index (χ0n) is 17.8. The number of rotatable bonds is 6. The third-order valence-electron chi connectivity index (χ3n) is 5.20. The molecule has 1 aromatic heterocycles. The number of ether oxygens (including phenoxy) is 1. The average Bonchev–Trinajstić information content (AvgIpc) is 2.77. The molecule has 0 fully saturated rings. The lowest BCUT2D eigenvalue weighted by atomic mass is 10.0. The molecule has 9 heteroatoms. The van der Waals surface area contributed by atoms with Crippen LogP contribution in [0.1, 0.15) is 20.7 Å². The van der Waals surface area contributed by atoms with E-state index in [1.54, 1.807) is 24.3 Å². The fourth-order valence-corrected chi connectivity index (χ4v) is 3.62. The number of carboxylic acids is 1. The van der Waals surface area contributed by atoms with E-state index < -0.39 is 11.9 Å². The van der Waals surface area contributed by atoms with Crippen molar-refractivity contribution in [1.82, 2.24) is 20.2 Å². The number of likely N-dealkylation sites (N-methyl/N-ethyl adjacent to an activating group) is 1. The van der Waals surface area contributed by atoms with E-state index in [9.17, 15) is 19.8 Å². The molecule has 0 spiro atoms. The van der Waals surface area contributed by atoms with Crippen LogP contribution in [0.15, 0.2) is 36.4 Å². The molecular weight excluding hydrogens is 412 g/mol. The zero-order valence-corrected chi connectivity index (χ0v) is 17.8. The molecule has 32 heavy (non-hydrogen) atoms. The Morgan fingerprint density at radius 2 is 1.72 bits per heavy atom. The number of carboxylic acid groups (broad SMARTS) is 1. The normalized spacial score (nSPS) is 11.4. The molecule has 4 aromatic rings. The number of aromatic hydroxyl groups is 1. The Bertz CT molecular complexity index is 1380. The molecule has 3 aromatic carbocycles. The number of hydrogen-bond acceptors (Lipinski definition) is 7. The smallest absolute Gasteiger partial charge is 0.339 e. The van der Waals surface area contributed by atoms with Gasteiger partial charge in [-0.1, -0.05) is 24.3 Å². The summed E-state index contributed by atoms with van der Waals surface area (Å²) in [6.45, 7) is 0.995. The largest absolute Gasteiger partial charge is 0.506 e. The van der Waals surface area contributed by atoms with E-state index in [1.807, 2.05) is 19.0 Å². The van der Waals surface area contributed by atoms with Crippen molar-refractivity contribution in [3.63, 3.8) is 0 Å². The van der Waals surface area contributed by atoms with Gasteiger partial charge in [0.15, 0.2) is 0 Å². The van der Waals surface area contributed by atoms with Crippen molar-refractivity contribution in [2.45, 2.75) is 0 Å². The number of amides is 1. The predicted molar refractivity (Wildman–Crippen MR) is 121 cm³/mol. The first-order valence-corrected chi connectivity index (χ1v) is 9.91. The lowest BCUT2D eigenvalue weighted by molar-refractivity contribution is 0.0693. The monoisotopic (exact) mass is 434 g/mol. The predicted octanol–water partition coefficient (Wildman–Crippen LogP) is 2.64. The average molecular weight is 434 g/mol. The fraction of sp³-hybridized carbons (Fsp3) is 0.217. The van der Waals surface area contributed by atoms with Gasteiger partial charge < -0.3 is 25.2 Å². The molecule has 0 radical (unpaired) electrons. The minimum atomic E-state index is -1.17. The molecule has 4 rings (SSSR count). The summed E-state index contributed by atoms with van der Waals surface area (Å²) in [4.78, 5) is 35.8. The SMILES string of the molecule is COc1cc2nc3c(nc2cc1C(=O)O)c(C(=O)NCCN(C)C)c(O)c1ccccc13. The first-order chi connectivity index (χ1) is 15.3. The minimum absolute atomic E-state index is 0.000417. The Morgan fingerprint density at radius 3 is 2.38 bits per heavy atom. The van der Waals surface area contributed by atoms with Gasteiger partial charge in [0, 0.05) is 29.9 Å². The van der Waals surface area contributed by atoms with Gasteiger partial charge in [-0.05, 0) is 20.2 Å². The number of nitrogens with one attached hydrogen (secondary N) is 1. The van der Waals surface area contributed by atoms with Gasteiger partial charge in [0.05, 0.1) is 23.7 Å². The summed E-state index contributed by atoms with van der Waals surface area (Å²) in [5.41, 5.74) is 1.23. The van der Waals surface area contributed by atoms with Crippen LogP contribution < -0.4 is 10.1 Å². The molecule has 9 nitrogen and oxygen atoms in total. The second-order valence-electron chi connectivity index (χ2n) is 7.60. The summed E-state index contributed by atoms with van der Waals surface area (Å²) in [6.07, 6.45) is 0. The van der Waals surface area contributed by atoms with Gasteiger partial charge in [-0.3, -0.25) is 4.79 Å². The second-order valence-corrected chi connectivity index (χ2v) is 7.60. The topological polar surface area (TPSA) is 125 Å². The Morgan fingerprint density at radius 1 is 1.06 bits per heavy atom. The van der Waals surface area contributed by atoms with Crippen molar-refractivity contribution in [2.24, 2.45) is 0 Å². The molecule has 1 amide bonds. The first kappa shape index (κ1) is 21.3. The number of nitrogens with zero attached hydrogens (tertiary/aromatic N) is 3. The lowest BCUT2D eigenvalue weighted by Gasteiger charge is -2.15. The summed E-state index contributed by atoms with van der Waals surface area (Å²) < 4.78 is 5.20. The second kappa shape index (κ2) is 8.27. The van der Waals surface area contributed by atoms with Crippen LogP contribution in [0.25, 0.3) is 32.8 Å². The molecule has 0 unspecified atom stereocenters. The Labute approximate surface area is 183 Å². The summed E-state index contributed by atoms with van der Waals surface area (Å²) in [5, 5.41) is 24.4. The van der Waals surface area contributed by atoms with Gasteiger partial charge in [0.2, 0.25) is 0 Å². The number of carbonyl (C=O) groups excluding carboxylic acids is 1. The summed E-state index contributed by atoms with van der Waals surface area (Å²) in [5.74, 6) is -1.70. The molecule has 1 heterocycles. The Hall–Kier alpha value is -3.98. The van der Waals surface area contributed by atoms with E-state index in [0.717, 1.165) is 0 Å². The van der Waals surface area contributed by atoms with Gasteiger partial charge in [-0.2, -0.15) is 0 Å². The molecule has 3 N–H and O–H groups in total. The highest BCUT2D eigenvalue weighted by molar-refractivity contribution is 6.19. The van der Waals surface area contributed by atoms with E-state index in [4.69, 9.17) is 4.74 Å². The van der Waals surface area contributed by atoms with Crippen LogP contribution in [-0.4, -0.2) is 71.3 Å².